The summed E-state index contributed by atoms with van der Waals surface area (Å²) in [7, 11) is 3.16. The molecule has 0 aromatic heterocycles. The fourth-order valence-electron chi connectivity index (χ4n) is 1.83. The summed E-state index contributed by atoms with van der Waals surface area (Å²) in [6, 6.07) is 5.43. The van der Waals surface area contributed by atoms with Crippen molar-refractivity contribution in [2.75, 3.05) is 20.8 Å². The van der Waals surface area contributed by atoms with E-state index in [1.807, 2.05) is 32.9 Å². The maximum Gasteiger partial charge on any atom is 0.225 e. The molecule has 1 rings (SSSR count). The fraction of sp³-hybridized carbons (Fsp3) is 0.529. The van der Waals surface area contributed by atoms with E-state index in [0.717, 1.165) is 5.56 Å². The Labute approximate surface area is 137 Å². The van der Waals surface area contributed by atoms with Gasteiger partial charge in [0.15, 0.2) is 0 Å². The molecule has 0 heterocycles. The van der Waals surface area contributed by atoms with Crippen LogP contribution in [0.1, 0.15) is 32.8 Å². The highest BCUT2D eigenvalue weighted by Gasteiger charge is 2.20. The van der Waals surface area contributed by atoms with Gasteiger partial charge >= 0.3 is 0 Å². The molecule has 1 aromatic carbocycles. The minimum absolute atomic E-state index is 0.0675. The summed E-state index contributed by atoms with van der Waals surface area (Å²) in [5.41, 5.74) is 0.410. The molecule has 0 unspecified atom stereocenters. The lowest BCUT2D eigenvalue weighted by molar-refractivity contribution is -0.128. The lowest BCUT2D eigenvalue weighted by atomic mass is 9.96. The summed E-state index contributed by atoms with van der Waals surface area (Å²) in [4.78, 5) is 23.5. The van der Waals surface area contributed by atoms with E-state index in [1.165, 1.54) is 0 Å². The Hall–Kier alpha value is -2.24. The first-order valence-electron chi connectivity index (χ1n) is 7.54. The van der Waals surface area contributed by atoms with Crippen LogP contribution in [0.3, 0.4) is 0 Å². The van der Waals surface area contributed by atoms with Gasteiger partial charge in [0.05, 0.1) is 14.2 Å². The zero-order valence-electron chi connectivity index (χ0n) is 14.5. The first-order chi connectivity index (χ1) is 10.8. The standard InChI is InChI=1S/C17H26N2O4/c1-17(2,3)16(21)18-9-8-15(20)19-11-12-6-7-13(22-4)10-14(12)23-5/h6-7,10H,8-9,11H2,1-5H3,(H,18,21)(H,19,20). The number of nitrogens with one attached hydrogen (secondary N) is 2. The molecule has 2 N–H and O–H groups in total. The van der Waals surface area contributed by atoms with Gasteiger partial charge in [0.25, 0.3) is 0 Å². The lowest BCUT2D eigenvalue weighted by Crippen LogP contribution is -2.37. The normalized spacial score (nSPS) is 10.8. The number of carbonyl (C=O) groups excluding carboxylic acids is 2. The molecule has 6 nitrogen and oxygen atoms in total. The van der Waals surface area contributed by atoms with Crippen LogP contribution in [0.4, 0.5) is 0 Å². The average molecular weight is 322 g/mol. The van der Waals surface area contributed by atoms with Crippen molar-refractivity contribution in [1.29, 1.82) is 0 Å². The van der Waals surface area contributed by atoms with Gasteiger partial charge in [-0.05, 0) is 12.1 Å². The van der Waals surface area contributed by atoms with Gasteiger partial charge in [-0.2, -0.15) is 0 Å². The molecule has 0 atom stereocenters. The Bertz CT molecular complexity index is 550. The highest BCUT2D eigenvalue weighted by molar-refractivity contribution is 5.82. The number of hydrogen-bond acceptors (Lipinski definition) is 4. The molecule has 0 aliphatic heterocycles. The van der Waals surface area contributed by atoms with Crippen LogP contribution in [0.2, 0.25) is 0 Å². The van der Waals surface area contributed by atoms with Crippen molar-refractivity contribution >= 4 is 11.8 Å². The van der Waals surface area contributed by atoms with Crippen molar-refractivity contribution in [3.8, 4) is 11.5 Å². The van der Waals surface area contributed by atoms with E-state index in [2.05, 4.69) is 10.6 Å². The van der Waals surface area contributed by atoms with Gasteiger partial charge < -0.3 is 20.1 Å². The number of rotatable bonds is 7. The number of ether oxygens (including phenoxy) is 2. The molecule has 0 aliphatic rings. The summed E-state index contributed by atoms with van der Waals surface area (Å²) in [5, 5.41) is 5.56. The Kier molecular flexibility index (Phi) is 6.88. The summed E-state index contributed by atoms with van der Waals surface area (Å²) >= 11 is 0. The van der Waals surface area contributed by atoms with Crippen molar-refractivity contribution in [2.24, 2.45) is 5.41 Å². The number of benzene rings is 1. The molecule has 0 saturated heterocycles. The predicted octanol–water partition coefficient (Wildman–Crippen LogP) is 1.87. The van der Waals surface area contributed by atoms with E-state index in [9.17, 15) is 9.59 Å². The smallest absolute Gasteiger partial charge is 0.225 e. The molecule has 2 amide bonds. The third kappa shape index (κ3) is 6.18. The van der Waals surface area contributed by atoms with Crippen LogP contribution in [0.5, 0.6) is 11.5 Å². The molecule has 0 spiro atoms. The fourth-order valence-corrected chi connectivity index (χ4v) is 1.83. The molecule has 23 heavy (non-hydrogen) atoms. The second-order valence-electron chi connectivity index (χ2n) is 6.21. The zero-order valence-corrected chi connectivity index (χ0v) is 14.5. The lowest BCUT2D eigenvalue weighted by Gasteiger charge is -2.17. The van der Waals surface area contributed by atoms with Gasteiger partial charge in [-0.1, -0.05) is 20.8 Å². The second-order valence-corrected chi connectivity index (χ2v) is 6.21. The van der Waals surface area contributed by atoms with Gasteiger partial charge in [-0.15, -0.1) is 0 Å². The predicted molar refractivity (Wildman–Crippen MR) is 88.5 cm³/mol. The molecule has 0 saturated carbocycles. The number of carbonyl (C=O) groups is 2. The maximum absolute atomic E-state index is 11.8. The summed E-state index contributed by atoms with van der Waals surface area (Å²) in [6.07, 6.45) is 0.236. The molecule has 6 heteroatoms. The van der Waals surface area contributed by atoms with Crippen LogP contribution in [-0.2, 0) is 16.1 Å². The molecule has 0 radical (unpaired) electrons. The summed E-state index contributed by atoms with van der Waals surface area (Å²) in [6.45, 7) is 6.18. The van der Waals surface area contributed by atoms with E-state index in [1.54, 1.807) is 20.3 Å². The molecular weight excluding hydrogens is 296 g/mol. The van der Waals surface area contributed by atoms with Crippen LogP contribution < -0.4 is 20.1 Å². The SMILES string of the molecule is COc1ccc(CNC(=O)CCNC(=O)C(C)(C)C)c(OC)c1. The molecular formula is C17H26N2O4. The highest BCUT2D eigenvalue weighted by Crippen LogP contribution is 2.24. The Balaban J connectivity index is 2.43. The molecule has 0 bridgehead atoms. The van der Waals surface area contributed by atoms with Crippen molar-refractivity contribution in [2.45, 2.75) is 33.7 Å². The molecule has 0 fully saturated rings. The van der Waals surface area contributed by atoms with Crippen LogP contribution in [0.25, 0.3) is 0 Å². The average Bonchev–Trinajstić information content (AvgIpc) is 2.51. The molecule has 0 aliphatic carbocycles. The topological polar surface area (TPSA) is 76.7 Å². The van der Waals surface area contributed by atoms with E-state index in [-0.39, 0.29) is 18.2 Å². The van der Waals surface area contributed by atoms with Gasteiger partial charge in [0, 0.05) is 36.6 Å². The third-order valence-electron chi connectivity index (χ3n) is 3.29. The summed E-state index contributed by atoms with van der Waals surface area (Å²) in [5.74, 6) is 1.16. The Morgan fingerprint density at radius 2 is 1.78 bits per heavy atom. The minimum atomic E-state index is -0.451. The van der Waals surface area contributed by atoms with E-state index < -0.39 is 5.41 Å². The number of hydrogen-bond donors (Lipinski definition) is 2. The quantitative estimate of drug-likeness (QED) is 0.803. The van der Waals surface area contributed by atoms with Crippen molar-refractivity contribution < 1.29 is 19.1 Å². The highest BCUT2D eigenvalue weighted by atomic mass is 16.5. The van der Waals surface area contributed by atoms with Crippen molar-refractivity contribution in [3.63, 3.8) is 0 Å². The third-order valence-corrected chi connectivity index (χ3v) is 3.29. The Morgan fingerprint density at radius 1 is 1.09 bits per heavy atom. The first kappa shape index (κ1) is 18.8. The van der Waals surface area contributed by atoms with Gasteiger partial charge in [0.2, 0.25) is 11.8 Å². The van der Waals surface area contributed by atoms with Crippen LogP contribution in [0, 0.1) is 5.41 Å². The van der Waals surface area contributed by atoms with E-state index >= 15 is 0 Å². The minimum Gasteiger partial charge on any atom is -0.497 e. The zero-order chi connectivity index (χ0) is 17.5. The molecule has 128 valence electrons. The van der Waals surface area contributed by atoms with Gasteiger partial charge in [-0.25, -0.2) is 0 Å². The monoisotopic (exact) mass is 322 g/mol. The largest absolute Gasteiger partial charge is 0.497 e. The maximum atomic E-state index is 11.8. The van der Waals surface area contributed by atoms with Crippen LogP contribution in [0.15, 0.2) is 18.2 Å². The van der Waals surface area contributed by atoms with E-state index in [0.29, 0.717) is 24.6 Å². The van der Waals surface area contributed by atoms with Gasteiger partial charge in [0.1, 0.15) is 11.5 Å². The van der Waals surface area contributed by atoms with Gasteiger partial charge in [-0.3, -0.25) is 9.59 Å². The van der Waals surface area contributed by atoms with Crippen molar-refractivity contribution in [1.82, 2.24) is 10.6 Å². The van der Waals surface area contributed by atoms with E-state index in [4.69, 9.17) is 9.47 Å². The first-order valence-corrected chi connectivity index (χ1v) is 7.54. The molecule has 1 aromatic rings. The number of methoxy groups -OCH3 is 2. The number of amides is 2. The summed E-state index contributed by atoms with van der Waals surface area (Å²) < 4.78 is 10.4. The van der Waals surface area contributed by atoms with Crippen molar-refractivity contribution in [3.05, 3.63) is 23.8 Å². The van der Waals surface area contributed by atoms with Crippen LogP contribution in [-0.4, -0.2) is 32.6 Å². The second kappa shape index (κ2) is 8.41. The Morgan fingerprint density at radius 3 is 2.35 bits per heavy atom. The van der Waals surface area contributed by atoms with Crippen LogP contribution >= 0.6 is 0 Å².